The number of aldehydes is 1. The Balaban J connectivity index is 1.92. The predicted octanol–water partition coefficient (Wildman–Crippen LogP) is 3.11. The number of hydrogen-bond acceptors (Lipinski definition) is 7. The molecule has 1 N–H and O–H groups in total. The Hall–Kier alpha value is -4.26. The van der Waals surface area contributed by atoms with Crippen molar-refractivity contribution in [3.63, 3.8) is 0 Å². The average molecular weight is 505 g/mol. The van der Waals surface area contributed by atoms with Crippen molar-refractivity contribution < 1.29 is 32.6 Å². The third kappa shape index (κ3) is 4.45. The van der Waals surface area contributed by atoms with Gasteiger partial charge in [-0.05, 0) is 47.9 Å². The van der Waals surface area contributed by atoms with Crippen LogP contribution in [-0.4, -0.2) is 37.5 Å². The fraction of sp³-hybridized carbons (Fsp3) is 0.136. The van der Waals surface area contributed by atoms with Gasteiger partial charge in [-0.1, -0.05) is 0 Å². The summed E-state index contributed by atoms with van der Waals surface area (Å²) in [6.07, 6.45) is -4.31. The number of ether oxygens (including phenoxy) is 1. The number of carbonyl (C=O) groups excluding carboxylic acids is 1. The zero-order valence-electron chi connectivity index (χ0n) is 17.7. The second-order valence-electron chi connectivity index (χ2n) is 7.31. The van der Waals surface area contributed by atoms with Gasteiger partial charge < -0.3 is 9.84 Å². The van der Waals surface area contributed by atoms with Crippen LogP contribution >= 0.6 is 11.5 Å². The van der Waals surface area contributed by atoms with Crippen LogP contribution in [0.2, 0.25) is 0 Å². The first-order valence-corrected chi connectivity index (χ1v) is 10.5. The van der Waals surface area contributed by atoms with Crippen LogP contribution in [0.15, 0.2) is 52.1 Å². The standard InChI is InChI=1S/C22H14F3N3O6S/c1-27-17(22(23,24)25)8-18(30)28(21(27)33)12-3-5-16-14(7-12)20(26-35-16)13-6-11(9-29)2-4-15(13)34-10-19(31)32/h2-9H,10H2,1H3,(H,31,32). The zero-order chi connectivity index (χ0) is 25.5. The van der Waals surface area contributed by atoms with E-state index >= 15 is 0 Å². The minimum atomic E-state index is -4.89. The number of rotatable bonds is 6. The number of benzene rings is 2. The number of fused-ring (bicyclic) bond motifs is 1. The highest BCUT2D eigenvalue weighted by Gasteiger charge is 2.35. The van der Waals surface area contributed by atoms with Gasteiger partial charge in [0.25, 0.3) is 5.56 Å². The Bertz CT molecular complexity index is 1600. The molecular weight excluding hydrogens is 491 g/mol. The van der Waals surface area contributed by atoms with Gasteiger partial charge in [0.15, 0.2) is 6.61 Å². The maximum atomic E-state index is 13.2. The summed E-state index contributed by atoms with van der Waals surface area (Å²) >= 11 is 1.05. The summed E-state index contributed by atoms with van der Waals surface area (Å²) < 4.78 is 50.7. The van der Waals surface area contributed by atoms with E-state index in [2.05, 4.69) is 4.37 Å². The van der Waals surface area contributed by atoms with E-state index in [1.165, 1.54) is 36.4 Å². The normalized spacial score (nSPS) is 11.5. The number of nitrogens with zero attached hydrogens (tertiary/aromatic N) is 3. The largest absolute Gasteiger partial charge is 0.481 e. The smallest absolute Gasteiger partial charge is 0.431 e. The highest BCUT2D eigenvalue weighted by atomic mass is 32.1. The lowest BCUT2D eigenvalue weighted by Crippen LogP contribution is -2.40. The van der Waals surface area contributed by atoms with Crippen molar-refractivity contribution in [2.24, 2.45) is 7.05 Å². The molecule has 13 heteroatoms. The van der Waals surface area contributed by atoms with Gasteiger partial charge >= 0.3 is 17.8 Å². The van der Waals surface area contributed by atoms with E-state index in [1.54, 1.807) is 0 Å². The van der Waals surface area contributed by atoms with Gasteiger partial charge in [-0.2, -0.15) is 17.5 Å². The average Bonchev–Trinajstić information content (AvgIpc) is 3.22. The molecule has 4 aromatic rings. The Morgan fingerprint density at radius 2 is 1.91 bits per heavy atom. The first-order chi connectivity index (χ1) is 16.5. The van der Waals surface area contributed by atoms with Crippen molar-refractivity contribution in [3.05, 3.63) is 74.6 Å². The monoisotopic (exact) mass is 505 g/mol. The molecule has 2 aromatic carbocycles. The second-order valence-corrected chi connectivity index (χ2v) is 8.12. The van der Waals surface area contributed by atoms with Gasteiger partial charge in [0, 0.05) is 29.6 Å². The molecular formula is C22H14F3N3O6S. The molecule has 0 bridgehead atoms. The lowest BCUT2D eigenvalue weighted by Gasteiger charge is -2.14. The molecule has 0 atom stereocenters. The van der Waals surface area contributed by atoms with Crippen LogP contribution in [0.5, 0.6) is 5.75 Å². The van der Waals surface area contributed by atoms with Crippen LogP contribution < -0.4 is 16.0 Å². The van der Waals surface area contributed by atoms with Gasteiger partial charge in [-0.15, -0.1) is 0 Å². The summed E-state index contributed by atoms with van der Waals surface area (Å²) in [5, 5.41) is 9.35. The van der Waals surface area contributed by atoms with Gasteiger partial charge in [0.1, 0.15) is 17.7 Å². The number of carboxylic acid groups (broad SMARTS) is 1. The molecule has 0 saturated heterocycles. The Morgan fingerprint density at radius 1 is 1.17 bits per heavy atom. The van der Waals surface area contributed by atoms with Crippen LogP contribution in [0.3, 0.4) is 0 Å². The predicted molar refractivity (Wildman–Crippen MR) is 119 cm³/mol. The van der Waals surface area contributed by atoms with Gasteiger partial charge in [-0.3, -0.25) is 14.2 Å². The van der Waals surface area contributed by atoms with Crippen LogP contribution in [-0.2, 0) is 18.0 Å². The fourth-order valence-electron chi connectivity index (χ4n) is 3.47. The molecule has 0 fully saturated rings. The topological polar surface area (TPSA) is 120 Å². The highest BCUT2D eigenvalue weighted by Crippen LogP contribution is 2.37. The molecule has 0 spiro atoms. The lowest BCUT2D eigenvalue weighted by molar-refractivity contribution is -0.144. The Kier molecular flexibility index (Phi) is 6.03. The fourth-order valence-corrected chi connectivity index (χ4v) is 4.24. The van der Waals surface area contributed by atoms with Crippen molar-refractivity contribution in [1.82, 2.24) is 13.5 Å². The quantitative estimate of drug-likeness (QED) is 0.400. The van der Waals surface area contributed by atoms with E-state index < -0.39 is 35.7 Å². The van der Waals surface area contributed by atoms with Crippen LogP contribution in [0, 0.1) is 0 Å². The number of aromatic nitrogens is 3. The van der Waals surface area contributed by atoms with Gasteiger partial charge in [-0.25, -0.2) is 14.2 Å². The first kappa shape index (κ1) is 23.9. The Morgan fingerprint density at radius 3 is 2.57 bits per heavy atom. The molecule has 2 heterocycles. The lowest BCUT2D eigenvalue weighted by atomic mass is 10.0. The van der Waals surface area contributed by atoms with Gasteiger partial charge in [0.05, 0.1) is 16.1 Å². The molecule has 35 heavy (non-hydrogen) atoms. The number of carboxylic acids is 1. The molecule has 9 nitrogen and oxygen atoms in total. The summed E-state index contributed by atoms with van der Waals surface area (Å²) in [6.45, 7) is -0.655. The summed E-state index contributed by atoms with van der Waals surface area (Å²) in [5.41, 5.74) is -2.93. The maximum absolute atomic E-state index is 13.2. The van der Waals surface area contributed by atoms with E-state index in [0.717, 1.165) is 18.6 Å². The van der Waals surface area contributed by atoms with E-state index in [9.17, 15) is 32.3 Å². The number of alkyl halides is 3. The molecule has 0 unspecified atom stereocenters. The maximum Gasteiger partial charge on any atom is 0.431 e. The van der Waals surface area contributed by atoms with E-state index in [4.69, 9.17) is 9.84 Å². The van der Waals surface area contributed by atoms with Gasteiger partial charge in [0.2, 0.25) is 0 Å². The second kappa shape index (κ2) is 8.83. The van der Waals surface area contributed by atoms with Crippen LogP contribution in [0.1, 0.15) is 16.1 Å². The summed E-state index contributed by atoms with van der Waals surface area (Å²) in [5.74, 6) is -1.10. The van der Waals surface area contributed by atoms with Crippen molar-refractivity contribution in [3.8, 4) is 22.7 Å². The van der Waals surface area contributed by atoms with Crippen molar-refractivity contribution in [1.29, 1.82) is 0 Å². The number of carbonyl (C=O) groups is 2. The molecule has 180 valence electrons. The zero-order valence-corrected chi connectivity index (χ0v) is 18.5. The minimum Gasteiger partial charge on any atom is -0.481 e. The third-order valence-electron chi connectivity index (χ3n) is 5.07. The third-order valence-corrected chi connectivity index (χ3v) is 5.89. The SMILES string of the molecule is Cn1c(C(F)(F)F)cc(=O)n(-c2ccc3snc(-c4cc(C=O)ccc4OCC(=O)O)c3c2)c1=O. The van der Waals surface area contributed by atoms with E-state index in [-0.39, 0.29) is 28.3 Å². The molecule has 0 radical (unpaired) electrons. The first-order valence-electron chi connectivity index (χ1n) is 9.75. The number of hydrogen-bond donors (Lipinski definition) is 1. The van der Waals surface area contributed by atoms with Crippen molar-refractivity contribution in [2.75, 3.05) is 6.61 Å². The Labute approximate surface area is 197 Å². The van der Waals surface area contributed by atoms with Crippen LogP contribution in [0.25, 0.3) is 27.0 Å². The molecule has 0 aliphatic rings. The minimum absolute atomic E-state index is 0.00202. The summed E-state index contributed by atoms with van der Waals surface area (Å²) in [4.78, 5) is 47.4. The molecule has 0 saturated carbocycles. The van der Waals surface area contributed by atoms with Crippen LogP contribution in [0.4, 0.5) is 13.2 Å². The van der Waals surface area contributed by atoms with E-state index in [1.807, 2.05) is 0 Å². The number of halogens is 3. The molecule has 0 aliphatic carbocycles. The highest BCUT2D eigenvalue weighted by molar-refractivity contribution is 7.13. The number of aliphatic carboxylic acids is 1. The van der Waals surface area contributed by atoms with E-state index in [0.29, 0.717) is 31.6 Å². The summed E-state index contributed by atoms with van der Waals surface area (Å²) in [6, 6.07) is 8.95. The van der Waals surface area contributed by atoms with Crippen molar-refractivity contribution in [2.45, 2.75) is 6.18 Å². The molecule has 0 amide bonds. The van der Waals surface area contributed by atoms with Crippen molar-refractivity contribution >= 4 is 33.9 Å². The molecule has 4 rings (SSSR count). The molecule has 0 aliphatic heterocycles. The summed E-state index contributed by atoms with van der Waals surface area (Å²) in [7, 11) is 0.911. The molecule has 2 aromatic heterocycles.